The maximum absolute atomic E-state index is 10.9. The summed E-state index contributed by atoms with van der Waals surface area (Å²) in [5.41, 5.74) is 0. The molecule has 0 aliphatic heterocycles. The molecule has 0 aliphatic rings. The van der Waals surface area contributed by atoms with Crippen molar-refractivity contribution >= 4 is 11.9 Å². The number of hydrazine groups is 1. The predicted octanol–water partition coefficient (Wildman–Crippen LogP) is -1.09. The lowest BCUT2D eigenvalue weighted by Gasteiger charge is -2.02. The van der Waals surface area contributed by atoms with Crippen molar-refractivity contribution in [3.63, 3.8) is 0 Å². The van der Waals surface area contributed by atoms with Crippen LogP contribution in [0.3, 0.4) is 0 Å². The van der Waals surface area contributed by atoms with Crippen LogP contribution in [0.2, 0.25) is 0 Å². The Hall–Kier alpha value is -2.32. The van der Waals surface area contributed by atoms with Crippen molar-refractivity contribution in [3.05, 3.63) is 22.8 Å². The Labute approximate surface area is 71.2 Å². The van der Waals surface area contributed by atoms with Gasteiger partial charge in [-0.1, -0.05) is 11.7 Å². The van der Waals surface area contributed by atoms with E-state index < -0.39 is 16.9 Å². The summed E-state index contributed by atoms with van der Waals surface area (Å²) < 4.78 is 0. The average molecular weight is 184 g/mol. The van der Waals surface area contributed by atoms with Gasteiger partial charge in [0.25, 0.3) is 0 Å². The minimum absolute atomic E-state index is 0.122. The van der Waals surface area contributed by atoms with E-state index in [1.54, 1.807) is 0 Å². The molecule has 1 rings (SSSR count). The first kappa shape index (κ1) is 8.77. The third-order valence-electron chi connectivity index (χ3n) is 1.07. The molecule has 1 heterocycles. The number of amides is 1. The van der Waals surface area contributed by atoms with Gasteiger partial charge in [0.05, 0.1) is 0 Å². The minimum Gasteiger partial charge on any atom is -0.263 e. The van der Waals surface area contributed by atoms with E-state index in [0.717, 1.165) is 6.08 Å². The van der Waals surface area contributed by atoms with Crippen molar-refractivity contribution < 1.29 is 9.83 Å². The first-order chi connectivity index (χ1) is 6.16. The Kier molecular flexibility index (Phi) is 2.28. The second-order valence-corrected chi connectivity index (χ2v) is 1.80. The summed E-state index contributed by atoms with van der Waals surface area (Å²) >= 11 is 0. The summed E-state index contributed by atoms with van der Waals surface area (Å²) in [5.74, 6) is -1.37. The summed E-state index contributed by atoms with van der Waals surface area (Å²) in [6, 6.07) is 0. The number of nitrogens with zero attached hydrogens (tertiary/aromatic N) is 5. The zero-order valence-electron chi connectivity index (χ0n) is 6.25. The van der Waals surface area contributed by atoms with Crippen LogP contribution in [0.15, 0.2) is 12.7 Å². The van der Waals surface area contributed by atoms with Gasteiger partial charge in [0.15, 0.2) is 5.03 Å². The number of nitro groups is 1. The van der Waals surface area contributed by atoms with Gasteiger partial charge in [-0.3, -0.25) is 4.79 Å². The molecule has 1 aromatic rings. The van der Waals surface area contributed by atoms with Crippen molar-refractivity contribution in [2.45, 2.75) is 0 Å². The van der Waals surface area contributed by atoms with Gasteiger partial charge in [-0.05, 0) is 5.21 Å². The molecule has 0 bridgehead atoms. The standard InChI is InChI=1S/C4H4N6O3/c1-2-3(11)9(10(12)13)4-5-7-8-6-4/h2H,1H2,(H,5,6,7,8). The fourth-order valence-corrected chi connectivity index (χ4v) is 0.585. The zero-order chi connectivity index (χ0) is 9.84. The molecule has 1 amide bonds. The molecular formula is C4H4N6O3. The van der Waals surface area contributed by atoms with E-state index >= 15 is 0 Å². The molecule has 0 saturated heterocycles. The summed E-state index contributed by atoms with van der Waals surface area (Å²) in [6.45, 7) is 3.09. The summed E-state index contributed by atoms with van der Waals surface area (Å²) in [6.07, 6.45) is 0.777. The largest absolute Gasteiger partial charge is 0.336 e. The maximum Gasteiger partial charge on any atom is 0.336 e. The number of rotatable bonds is 3. The van der Waals surface area contributed by atoms with Crippen LogP contribution < -0.4 is 5.01 Å². The molecule has 0 fully saturated rings. The van der Waals surface area contributed by atoms with Crippen molar-refractivity contribution in [1.29, 1.82) is 0 Å². The lowest BCUT2D eigenvalue weighted by atomic mass is 10.6. The molecule has 0 spiro atoms. The molecule has 1 N–H and O–H groups in total. The third kappa shape index (κ3) is 1.64. The first-order valence-electron chi connectivity index (χ1n) is 3.01. The Morgan fingerprint density at radius 2 is 2.46 bits per heavy atom. The molecule has 0 unspecified atom stereocenters. The van der Waals surface area contributed by atoms with Crippen molar-refractivity contribution in [2.75, 3.05) is 5.01 Å². The minimum atomic E-state index is -0.963. The molecule has 0 saturated carbocycles. The highest BCUT2D eigenvalue weighted by atomic mass is 16.7. The molecular weight excluding hydrogens is 180 g/mol. The number of H-pyrrole nitrogens is 1. The molecule has 0 atom stereocenters. The Morgan fingerprint density at radius 3 is 2.85 bits per heavy atom. The van der Waals surface area contributed by atoms with Gasteiger partial charge in [0.2, 0.25) is 0 Å². The SMILES string of the molecule is C=CC(=O)N(c1nn[nH]n1)[N+](=O)[O-]. The topological polar surface area (TPSA) is 118 Å². The van der Waals surface area contributed by atoms with E-state index in [2.05, 4.69) is 22.0 Å². The van der Waals surface area contributed by atoms with Gasteiger partial charge in [0, 0.05) is 11.1 Å². The molecule has 1 aromatic heterocycles. The lowest BCUT2D eigenvalue weighted by Crippen LogP contribution is -2.35. The molecule has 0 aromatic carbocycles. The smallest absolute Gasteiger partial charge is 0.263 e. The Morgan fingerprint density at radius 1 is 1.77 bits per heavy atom. The van der Waals surface area contributed by atoms with E-state index in [4.69, 9.17) is 0 Å². The molecule has 68 valence electrons. The average Bonchev–Trinajstić information content (AvgIpc) is 2.56. The number of hydrogen-bond donors (Lipinski definition) is 1. The normalized spacial score (nSPS) is 9.23. The van der Waals surface area contributed by atoms with Crippen molar-refractivity contribution in [3.8, 4) is 0 Å². The Bertz CT molecular complexity index is 332. The number of aromatic amines is 1. The number of carbonyl (C=O) groups is 1. The number of hydrogen-bond acceptors (Lipinski definition) is 6. The number of carbonyl (C=O) groups excluding carboxylic acids is 1. The van der Waals surface area contributed by atoms with Gasteiger partial charge < -0.3 is 0 Å². The van der Waals surface area contributed by atoms with Gasteiger partial charge in [-0.15, -0.1) is 5.10 Å². The number of anilines is 1. The zero-order valence-corrected chi connectivity index (χ0v) is 6.25. The van der Waals surface area contributed by atoms with Crippen LogP contribution in [0.25, 0.3) is 0 Å². The second kappa shape index (κ2) is 3.38. The van der Waals surface area contributed by atoms with Crippen LogP contribution in [0.1, 0.15) is 0 Å². The van der Waals surface area contributed by atoms with E-state index in [-0.39, 0.29) is 5.01 Å². The van der Waals surface area contributed by atoms with E-state index in [0.29, 0.717) is 0 Å². The van der Waals surface area contributed by atoms with E-state index in [1.165, 1.54) is 0 Å². The Balaban J connectivity index is 3.00. The maximum atomic E-state index is 10.9. The highest BCUT2D eigenvalue weighted by molar-refractivity contribution is 5.97. The van der Waals surface area contributed by atoms with E-state index in [1.807, 2.05) is 5.21 Å². The van der Waals surface area contributed by atoms with Crippen LogP contribution in [-0.4, -0.2) is 31.6 Å². The van der Waals surface area contributed by atoms with Crippen molar-refractivity contribution in [2.24, 2.45) is 0 Å². The van der Waals surface area contributed by atoms with Crippen molar-refractivity contribution in [1.82, 2.24) is 20.6 Å². The van der Waals surface area contributed by atoms with E-state index in [9.17, 15) is 14.9 Å². The van der Waals surface area contributed by atoms with Crippen LogP contribution >= 0.6 is 0 Å². The molecule has 9 heteroatoms. The first-order valence-corrected chi connectivity index (χ1v) is 3.01. The molecule has 13 heavy (non-hydrogen) atoms. The van der Waals surface area contributed by atoms with Gasteiger partial charge in [0.1, 0.15) is 0 Å². The molecule has 0 radical (unpaired) electrons. The summed E-state index contributed by atoms with van der Waals surface area (Å²) in [5, 5.41) is 21.1. The van der Waals surface area contributed by atoms with Crippen LogP contribution in [-0.2, 0) is 4.79 Å². The molecule has 9 nitrogen and oxygen atoms in total. The van der Waals surface area contributed by atoms with Gasteiger partial charge >= 0.3 is 11.9 Å². The summed E-state index contributed by atoms with van der Waals surface area (Å²) in [4.78, 5) is 21.2. The number of aromatic nitrogens is 4. The fraction of sp³-hybridized carbons (Fsp3) is 0. The highest BCUT2D eigenvalue weighted by Crippen LogP contribution is 2.03. The fourth-order valence-electron chi connectivity index (χ4n) is 0.585. The van der Waals surface area contributed by atoms with Gasteiger partial charge in [-0.25, -0.2) is 10.1 Å². The number of tetrazole rings is 1. The predicted molar refractivity (Wildman–Crippen MR) is 38.9 cm³/mol. The lowest BCUT2D eigenvalue weighted by molar-refractivity contribution is -0.484. The second-order valence-electron chi connectivity index (χ2n) is 1.80. The monoisotopic (exact) mass is 184 g/mol. The quantitative estimate of drug-likeness (QED) is 0.362. The van der Waals surface area contributed by atoms with Gasteiger partial charge in [-0.2, -0.15) is 5.21 Å². The molecule has 0 aliphatic carbocycles. The van der Waals surface area contributed by atoms with Crippen LogP contribution in [0.5, 0.6) is 0 Å². The highest BCUT2D eigenvalue weighted by Gasteiger charge is 2.28. The summed E-state index contributed by atoms with van der Waals surface area (Å²) in [7, 11) is 0. The third-order valence-corrected chi connectivity index (χ3v) is 1.07. The number of nitrogens with one attached hydrogen (secondary N) is 1. The van der Waals surface area contributed by atoms with Crippen LogP contribution in [0, 0.1) is 10.1 Å². The van der Waals surface area contributed by atoms with Crippen LogP contribution in [0.4, 0.5) is 5.95 Å².